The van der Waals surface area contributed by atoms with Gasteiger partial charge in [-0.15, -0.1) is 0 Å². The number of allylic oxidation sites excluding steroid dienone is 2. The van der Waals surface area contributed by atoms with E-state index in [-0.39, 0.29) is 0 Å². The zero-order chi connectivity index (χ0) is 10.7. The molecule has 0 N–H and O–H groups in total. The molecule has 0 aromatic heterocycles. The van der Waals surface area contributed by atoms with Crippen molar-refractivity contribution in [1.82, 2.24) is 5.32 Å². The van der Waals surface area contributed by atoms with Gasteiger partial charge in [0, 0.05) is 11.8 Å². The highest BCUT2D eigenvalue weighted by Crippen LogP contribution is 2.25. The smallest absolute Gasteiger partial charge is 0.0734 e. The quantitative estimate of drug-likeness (QED) is 0.705. The number of aryl methyl sites for hydroxylation is 1. The second-order valence-electron chi connectivity index (χ2n) is 3.88. The van der Waals surface area contributed by atoms with Crippen molar-refractivity contribution in [2.75, 3.05) is 0 Å². The molecule has 0 fully saturated rings. The van der Waals surface area contributed by atoms with Gasteiger partial charge in [0.15, 0.2) is 0 Å². The molecule has 0 atom stereocenters. The summed E-state index contributed by atoms with van der Waals surface area (Å²) < 4.78 is 0. The predicted octanol–water partition coefficient (Wildman–Crippen LogP) is 3.50. The van der Waals surface area contributed by atoms with E-state index in [2.05, 4.69) is 49.5 Å². The summed E-state index contributed by atoms with van der Waals surface area (Å²) in [5, 5.41) is 4.43. The van der Waals surface area contributed by atoms with Crippen molar-refractivity contribution in [3.05, 3.63) is 53.2 Å². The zero-order valence-corrected chi connectivity index (χ0v) is 9.33. The molecule has 0 saturated carbocycles. The zero-order valence-electron chi connectivity index (χ0n) is 9.33. The summed E-state index contributed by atoms with van der Waals surface area (Å²) in [5.41, 5.74) is 5.10. The molecule has 1 nitrogen and oxygen atoms in total. The van der Waals surface area contributed by atoms with Crippen LogP contribution < -0.4 is 5.32 Å². The minimum Gasteiger partial charge on any atom is -0.256 e. The van der Waals surface area contributed by atoms with Crippen LogP contribution in [0.5, 0.6) is 0 Å². The van der Waals surface area contributed by atoms with E-state index >= 15 is 0 Å². The summed E-state index contributed by atoms with van der Waals surface area (Å²) >= 11 is 0. The minimum atomic E-state index is 1.13. The molecule has 0 amide bonds. The van der Waals surface area contributed by atoms with Gasteiger partial charge in [-0.25, -0.2) is 0 Å². The van der Waals surface area contributed by atoms with E-state index < -0.39 is 0 Å². The number of nitrogens with zero attached hydrogens (tertiary/aromatic N) is 1. The third-order valence-corrected chi connectivity index (χ3v) is 2.69. The predicted molar refractivity (Wildman–Crippen MR) is 64.3 cm³/mol. The van der Waals surface area contributed by atoms with Gasteiger partial charge in [0.2, 0.25) is 0 Å². The Bertz CT molecular complexity index is 413. The van der Waals surface area contributed by atoms with Gasteiger partial charge in [-0.2, -0.15) is 0 Å². The summed E-state index contributed by atoms with van der Waals surface area (Å²) in [6.07, 6.45) is 6.25. The normalized spacial score (nSPS) is 14.5. The Kier molecular flexibility index (Phi) is 2.91. The largest absolute Gasteiger partial charge is 0.256 e. The molecule has 1 aromatic rings. The van der Waals surface area contributed by atoms with Crippen LogP contribution in [0.25, 0.3) is 5.70 Å². The summed E-state index contributed by atoms with van der Waals surface area (Å²) in [5.74, 6) is 0. The summed E-state index contributed by atoms with van der Waals surface area (Å²) in [6.45, 7) is 4.33. The Morgan fingerprint density at radius 3 is 2.67 bits per heavy atom. The van der Waals surface area contributed by atoms with Gasteiger partial charge < -0.3 is 0 Å². The SMILES string of the molecule is CCCc1ccccc1C1=C(C)C=C[N]1. The average molecular weight is 198 g/mol. The summed E-state index contributed by atoms with van der Waals surface area (Å²) in [4.78, 5) is 0. The van der Waals surface area contributed by atoms with E-state index in [0.29, 0.717) is 0 Å². The summed E-state index contributed by atoms with van der Waals surface area (Å²) in [6, 6.07) is 8.56. The Labute approximate surface area is 91.5 Å². The van der Waals surface area contributed by atoms with Gasteiger partial charge in [0.25, 0.3) is 0 Å². The second kappa shape index (κ2) is 4.35. The van der Waals surface area contributed by atoms with E-state index in [4.69, 9.17) is 0 Å². The molecule has 1 heteroatoms. The van der Waals surface area contributed by atoms with Crippen molar-refractivity contribution >= 4 is 5.70 Å². The van der Waals surface area contributed by atoms with Gasteiger partial charge in [0.1, 0.15) is 0 Å². The monoisotopic (exact) mass is 198 g/mol. The van der Waals surface area contributed by atoms with Crippen LogP contribution in [0.2, 0.25) is 0 Å². The molecule has 0 aliphatic carbocycles. The Morgan fingerprint density at radius 2 is 2.00 bits per heavy atom. The highest BCUT2D eigenvalue weighted by Gasteiger charge is 2.12. The first-order valence-electron chi connectivity index (χ1n) is 5.49. The number of hydrogen-bond donors (Lipinski definition) is 0. The van der Waals surface area contributed by atoms with Crippen molar-refractivity contribution in [2.45, 2.75) is 26.7 Å². The molecule has 1 aliphatic heterocycles. The van der Waals surface area contributed by atoms with Crippen molar-refractivity contribution in [2.24, 2.45) is 0 Å². The van der Waals surface area contributed by atoms with Crippen LogP contribution in [-0.4, -0.2) is 0 Å². The highest BCUT2D eigenvalue weighted by molar-refractivity contribution is 5.74. The lowest BCUT2D eigenvalue weighted by atomic mass is 9.99. The van der Waals surface area contributed by atoms with Crippen LogP contribution in [0.3, 0.4) is 0 Å². The fourth-order valence-electron chi connectivity index (χ4n) is 1.92. The first kappa shape index (κ1) is 10.0. The maximum absolute atomic E-state index is 4.43. The lowest BCUT2D eigenvalue weighted by Gasteiger charge is -2.09. The highest BCUT2D eigenvalue weighted by atomic mass is 14.9. The van der Waals surface area contributed by atoms with Crippen molar-refractivity contribution in [3.63, 3.8) is 0 Å². The maximum Gasteiger partial charge on any atom is 0.0734 e. The van der Waals surface area contributed by atoms with Crippen LogP contribution in [-0.2, 0) is 6.42 Å². The molecule has 1 aliphatic rings. The lowest BCUT2D eigenvalue weighted by Crippen LogP contribution is -1.98. The average Bonchev–Trinajstić information content (AvgIpc) is 2.66. The third kappa shape index (κ3) is 1.96. The van der Waals surface area contributed by atoms with E-state index in [9.17, 15) is 0 Å². The van der Waals surface area contributed by atoms with Crippen molar-refractivity contribution < 1.29 is 0 Å². The molecule has 0 bridgehead atoms. The first-order chi connectivity index (χ1) is 7.33. The van der Waals surface area contributed by atoms with Crippen LogP contribution in [0.1, 0.15) is 31.4 Å². The van der Waals surface area contributed by atoms with Crippen molar-refractivity contribution in [1.29, 1.82) is 0 Å². The van der Waals surface area contributed by atoms with Crippen LogP contribution in [0, 0.1) is 0 Å². The topological polar surface area (TPSA) is 14.1 Å². The second-order valence-corrected chi connectivity index (χ2v) is 3.88. The van der Waals surface area contributed by atoms with Crippen LogP contribution in [0.4, 0.5) is 0 Å². The maximum atomic E-state index is 4.43. The Balaban J connectivity index is 2.40. The molecule has 1 aromatic carbocycles. The van der Waals surface area contributed by atoms with E-state index in [1.54, 1.807) is 0 Å². The molecule has 15 heavy (non-hydrogen) atoms. The first-order valence-corrected chi connectivity index (χ1v) is 5.49. The fraction of sp³-hybridized carbons (Fsp3) is 0.286. The molecular weight excluding hydrogens is 182 g/mol. The fourth-order valence-corrected chi connectivity index (χ4v) is 1.92. The summed E-state index contributed by atoms with van der Waals surface area (Å²) in [7, 11) is 0. The number of benzene rings is 1. The van der Waals surface area contributed by atoms with Crippen molar-refractivity contribution in [3.8, 4) is 0 Å². The van der Waals surface area contributed by atoms with Gasteiger partial charge in [-0.3, -0.25) is 5.32 Å². The molecule has 0 saturated heterocycles. The van der Waals surface area contributed by atoms with Gasteiger partial charge in [-0.1, -0.05) is 37.6 Å². The molecular formula is C14H16N. The Hall–Kier alpha value is -1.50. The van der Waals surface area contributed by atoms with Gasteiger partial charge >= 0.3 is 0 Å². The van der Waals surface area contributed by atoms with Crippen LogP contribution in [0.15, 0.2) is 42.1 Å². The van der Waals surface area contributed by atoms with E-state index in [0.717, 1.165) is 12.1 Å². The molecule has 0 unspecified atom stereocenters. The molecule has 0 spiro atoms. The van der Waals surface area contributed by atoms with Gasteiger partial charge in [0.05, 0.1) is 5.70 Å². The molecule has 1 radical (unpaired) electrons. The van der Waals surface area contributed by atoms with E-state index in [1.807, 2.05) is 6.20 Å². The minimum absolute atomic E-state index is 1.13. The molecule has 2 rings (SSSR count). The third-order valence-electron chi connectivity index (χ3n) is 2.69. The standard InChI is InChI=1S/C14H16N/c1-3-6-12-7-4-5-8-13(12)14-11(2)9-10-15-14/h4-5,7-10H,3,6H2,1-2H3. The van der Waals surface area contributed by atoms with Gasteiger partial charge in [-0.05, 0) is 30.6 Å². The number of hydrogen-bond acceptors (Lipinski definition) is 0. The Morgan fingerprint density at radius 1 is 1.20 bits per heavy atom. The van der Waals surface area contributed by atoms with Crippen LogP contribution >= 0.6 is 0 Å². The van der Waals surface area contributed by atoms with E-state index in [1.165, 1.54) is 23.1 Å². The number of rotatable bonds is 3. The molecule has 77 valence electrons. The molecule has 1 heterocycles. The lowest BCUT2D eigenvalue weighted by molar-refractivity contribution is 0.916.